The molecule has 1 aromatic rings. The van der Waals surface area contributed by atoms with Crippen LogP contribution in [0.15, 0.2) is 12.1 Å². The van der Waals surface area contributed by atoms with Crippen LogP contribution >= 0.6 is 24.2 Å². The fourth-order valence-corrected chi connectivity index (χ4v) is 1.57. The van der Waals surface area contributed by atoms with Crippen molar-refractivity contribution in [3.8, 4) is 0 Å². The fourth-order valence-electron chi connectivity index (χ4n) is 1.16. The third kappa shape index (κ3) is 2.75. The zero-order valence-corrected chi connectivity index (χ0v) is 9.34. The first-order chi connectivity index (χ1) is 6.97. The van der Waals surface area contributed by atoms with Crippen LogP contribution in [0.4, 0.5) is 10.1 Å². The number of benzene rings is 1. The summed E-state index contributed by atoms with van der Waals surface area (Å²) in [6.07, 6.45) is -2.41. The van der Waals surface area contributed by atoms with Gasteiger partial charge in [0, 0.05) is 16.3 Å². The van der Waals surface area contributed by atoms with Crippen LogP contribution in [0.25, 0.3) is 0 Å². The lowest BCUT2D eigenvalue weighted by atomic mass is 10.0. The molecule has 0 spiro atoms. The summed E-state index contributed by atoms with van der Waals surface area (Å²) < 4.78 is 13.1. The van der Waals surface area contributed by atoms with Crippen LogP contribution in [-0.2, 0) is 0 Å². The minimum atomic E-state index is -1.30. The van der Waals surface area contributed by atoms with Gasteiger partial charge in [-0.15, -0.1) is 0 Å². The normalized spacial score (nSPS) is 15.0. The standard InChI is InChI=1S/C9H11ClFNO2S/c10-4-1-5(8(12)6(11)2-4)9(14)7(13)3-15/h1-2,7,9,13-15H,3,12H2. The summed E-state index contributed by atoms with van der Waals surface area (Å²) in [5.74, 6) is -0.683. The molecule has 2 unspecified atom stereocenters. The molecule has 1 aromatic carbocycles. The van der Waals surface area contributed by atoms with Crippen molar-refractivity contribution in [2.24, 2.45) is 0 Å². The van der Waals surface area contributed by atoms with Crippen molar-refractivity contribution < 1.29 is 14.6 Å². The molecular weight excluding hydrogens is 241 g/mol. The average molecular weight is 252 g/mol. The summed E-state index contributed by atoms with van der Waals surface area (Å²) >= 11 is 9.42. The van der Waals surface area contributed by atoms with Gasteiger partial charge in [0.05, 0.1) is 11.8 Å². The monoisotopic (exact) mass is 251 g/mol. The molecule has 84 valence electrons. The molecular formula is C9H11ClFNO2S. The summed E-state index contributed by atoms with van der Waals surface area (Å²) in [4.78, 5) is 0. The van der Waals surface area contributed by atoms with E-state index < -0.39 is 18.0 Å². The average Bonchev–Trinajstić information content (AvgIpc) is 2.21. The Kier molecular flexibility index (Phi) is 4.21. The van der Waals surface area contributed by atoms with Crippen LogP contribution in [0, 0.1) is 5.82 Å². The Bertz CT molecular complexity index is 364. The number of hydrogen-bond donors (Lipinski definition) is 4. The molecule has 0 bridgehead atoms. The molecule has 4 N–H and O–H groups in total. The van der Waals surface area contributed by atoms with Gasteiger partial charge in [0.25, 0.3) is 0 Å². The van der Waals surface area contributed by atoms with Gasteiger partial charge in [-0.25, -0.2) is 4.39 Å². The van der Waals surface area contributed by atoms with Crippen LogP contribution in [0.2, 0.25) is 5.02 Å². The summed E-state index contributed by atoms with van der Waals surface area (Å²) in [5.41, 5.74) is 5.27. The van der Waals surface area contributed by atoms with E-state index >= 15 is 0 Å². The Balaban J connectivity index is 3.13. The maximum absolute atomic E-state index is 13.1. The molecule has 0 aromatic heterocycles. The van der Waals surface area contributed by atoms with E-state index in [1.807, 2.05) is 0 Å². The van der Waals surface area contributed by atoms with E-state index in [0.717, 1.165) is 6.07 Å². The number of thiol groups is 1. The van der Waals surface area contributed by atoms with Gasteiger partial charge in [0.2, 0.25) is 0 Å². The lowest BCUT2D eigenvalue weighted by Gasteiger charge is -2.18. The molecule has 0 saturated heterocycles. The van der Waals surface area contributed by atoms with Crippen LogP contribution in [0.1, 0.15) is 11.7 Å². The van der Waals surface area contributed by atoms with Gasteiger partial charge in [-0.1, -0.05) is 11.6 Å². The molecule has 0 fully saturated rings. The van der Waals surface area contributed by atoms with Gasteiger partial charge in [0.15, 0.2) is 0 Å². The summed E-state index contributed by atoms with van der Waals surface area (Å²) in [6, 6.07) is 2.36. The Hall–Kier alpha value is -0.490. The van der Waals surface area contributed by atoms with Crippen molar-refractivity contribution >= 4 is 29.9 Å². The van der Waals surface area contributed by atoms with Crippen LogP contribution in [-0.4, -0.2) is 22.1 Å². The molecule has 0 saturated carbocycles. The van der Waals surface area contributed by atoms with E-state index in [4.69, 9.17) is 17.3 Å². The van der Waals surface area contributed by atoms with Crippen molar-refractivity contribution in [3.63, 3.8) is 0 Å². The molecule has 1 rings (SSSR count). The first-order valence-corrected chi connectivity index (χ1v) is 5.19. The highest BCUT2D eigenvalue weighted by atomic mass is 35.5. The van der Waals surface area contributed by atoms with Crippen molar-refractivity contribution in [3.05, 3.63) is 28.5 Å². The van der Waals surface area contributed by atoms with Crippen molar-refractivity contribution in [2.45, 2.75) is 12.2 Å². The second kappa shape index (κ2) is 5.03. The second-order valence-corrected chi connectivity index (χ2v) is 3.89. The first kappa shape index (κ1) is 12.6. The molecule has 0 radical (unpaired) electrons. The molecule has 0 aliphatic carbocycles. The predicted molar refractivity (Wildman–Crippen MR) is 60.6 cm³/mol. The lowest BCUT2D eigenvalue weighted by molar-refractivity contribution is 0.0341. The minimum absolute atomic E-state index is 0.0364. The zero-order valence-electron chi connectivity index (χ0n) is 7.69. The van der Waals surface area contributed by atoms with Gasteiger partial charge in [-0.2, -0.15) is 12.6 Å². The minimum Gasteiger partial charge on any atom is -0.396 e. The molecule has 0 aliphatic rings. The molecule has 0 heterocycles. The lowest BCUT2D eigenvalue weighted by Crippen LogP contribution is -2.21. The van der Waals surface area contributed by atoms with Gasteiger partial charge >= 0.3 is 0 Å². The number of nitrogen functional groups attached to an aromatic ring is 1. The van der Waals surface area contributed by atoms with E-state index in [0.29, 0.717) is 0 Å². The van der Waals surface area contributed by atoms with Crippen LogP contribution in [0.3, 0.4) is 0 Å². The second-order valence-electron chi connectivity index (χ2n) is 3.09. The molecule has 2 atom stereocenters. The quantitative estimate of drug-likeness (QED) is 0.485. The topological polar surface area (TPSA) is 66.5 Å². The number of anilines is 1. The fraction of sp³-hybridized carbons (Fsp3) is 0.333. The predicted octanol–water partition coefficient (Wildman–Crippen LogP) is 1.39. The smallest absolute Gasteiger partial charge is 0.147 e. The highest BCUT2D eigenvalue weighted by Gasteiger charge is 2.21. The number of nitrogens with two attached hydrogens (primary N) is 1. The van der Waals surface area contributed by atoms with Crippen molar-refractivity contribution in [1.82, 2.24) is 0 Å². The molecule has 0 aliphatic heterocycles. The molecule has 15 heavy (non-hydrogen) atoms. The van der Waals surface area contributed by atoms with Gasteiger partial charge < -0.3 is 15.9 Å². The zero-order chi connectivity index (χ0) is 11.6. The van der Waals surface area contributed by atoms with E-state index in [1.165, 1.54) is 6.07 Å². The van der Waals surface area contributed by atoms with E-state index in [-0.39, 0.29) is 22.0 Å². The summed E-state index contributed by atoms with van der Waals surface area (Å²) in [7, 11) is 0. The highest BCUT2D eigenvalue weighted by Crippen LogP contribution is 2.29. The molecule has 0 amide bonds. The highest BCUT2D eigenvalue weighted by molar-refractivity contribution is 7.80. The maximum Gasteiger partial charge on any atom is 0.147 e. The van der Waals surface area contributed by atoms with Crippen molar-refractivity contribution in [1.29, 1.82) is 0 Å². The third-order valence-corrected chi connectivity index (χ3v) is 2.59. The van der Waals surface area contributed by atoms with Crippen molar-refractivity contribution in [2.75, 3.05) is 11.5 Å². The van der Waals surface area contributed by atoms with E-state index in [2.05, 4.69) is 12.6 Å². The third-order valence-electron chi connectivity index (χ3n) is 2.00. The number of rotatable bonds is 3. The summed E-state index contributed by atoms with van der Waals surface area (Å²) in [5, 5.41) is 19.1. The van der Waals surface area contributed by atoms with Crippen LogP contribution in [0.5, 0.6) is 0 Å². The van der Waals surface area contributed by atoms with Gasteiger partial charge in [0.1, 0.15) is 11.9 Å². The largest absolute Gasteiger partial charge is 0.396 e. The number of halogens is 2. The Morgan fingerprint density at radius 2 is 2.07 bits per heavy atom. The number of hydrogen-bond acceptors (Lipinski definition) is 4. The number of aliphatic hydroxyl groups is 2. The SMILES string of the molecule is Nc1c(F)cc(Cl)cc1C(O)C(O)CS. The first-order valence-electron chi connectivity index (χ1n) is 4.18. The van der Waals surface area contributed by atoms with Crippen LogP contribution < -0.4 is 5.73 Å². The number of aliphatic hydroxyl groups excluding tert-OH is 2. The van der Waals surface area contributed by atoms with E-state index in [9.17, 15) is 14.6 Å². The Morgan fingerprint density at radius 3 is 2.60 bits per heavy atom. The molecule has 3 nitrogen and oxygen atoms in total. The van der Waals surface area contributed by atoms with Gasteiger partial charge in [-0.3, -0.25) is 0 Å². The Labute approximate surface area is 97.1 Å². The van der Waals surface area contributed by atoms with Gasteiger partial charge in [-0.05, 0) is 12.1 Å². The molecule has 6 heteroatoms. The summed E-state index contributed by atoms with van der Waals surface area (Å²) in [6.45, 7) is 0. The Morgan fingerprint density at radius 1 is 1.47 bits per heavy atom. The maximum atomic E-state index is 13.1. The van der Waals surface area contributed by atoms with E-state index in [1.54, 1.807) is 0 Å².